The minimum Gasteiger partial charge on any atom is -0.462 e. The van der Waals surface area contributed by atoms with E-state index in [2.05, 4.69) is 5.32 Å². The van der Waals surface area contributed by atoms with Crippen molar-refractivity contribution in [2.45, 2.75) is 33.1 Å². The van der Waals surface area contributed by atoms with Gasteiger partial charge in [-0.3, -0.25) is 9.59 Å². The molecule has 0 bridgehead atoms. The van der Waals surface area contributed by atoms with Crippen molar-refractivity contribution in [2.75, 3.05) is 18.5 Å². The Morgan fingerprint density at radius 3 is 2.59 bits per heavy atom. The van der Waals surface area contributed by atoms with E-state index >= 15 is 0 Å². The Bertz CT molecular complexity index is 576. The fraction of sp³-hybridized carbons (Fsp3) is 0.533. The Hall–Kier alpha value is -1.89. The van der Waals surface area contributed by atoms with Crippen molar-refractivity contribution in [3.05, 3.63) is 16.5 Å². The van der Waals surface area contributed by atoms with Crippen LogP contribution in [-0.2, 0) is 25.5 Å². The fourth-order valence-electron chi connectivity index (χ4n) is 1.81. The predicted octanol–water partition coefficient (Wildman–Crippen LogP) is 2.38. The maximum atomic E-state index is 11.9. The first kappa shape index (κ1) is 16.5. The van der Waals surface area contributed by atoms with Crippen LogP contribution in [0.25, 0.3) is 0 Å². The molecule has 6 nitrogen and oxygen atoms in total. The highest BCUT2D eigenvalue weighted by molar-refractivity contribution is 7.16. The molecule has 1 aromatic rings. The van der Waals surface area contributed by atoms with E-state index < -0.39 is 11.9 Å². The summed E-state index contributed by atoms with van der Waals surface area (Å²) in [5.74, 6) is -1.30. The molecule has 0 atom stereocenters. The van der Waals surface area contributed by atoms with Crippen molar-refractivity contribution in [2.24, 2.45) is 5.92 Å². The lowest BCUT2D eigenvalue weighted by atomic mass is 10.2. The van der Waals surface area contributed by atoms with E-state index in [1.54, 1.807) is 13.0 Å². The summed E-state index contributed by atoms with van der Waals surface area (Å²) in [4.78, 5) is 36.1. The van der Waals surface area contributed by atoms with Crippen molar-refractivity contribution in [1.82, 2.24) is 0 Å². The Labute approximate surface area is 132 Å². The number of hydrogen-bond donors (Lipinski definition) is 1. The third kappa shape index (κ3) is 4.30. The van der Waals surface area contributed by atoms with Crippen molar-refractivity contribution in [3.8, 4) is 0 Å². The van der Waals surface area contributed by atoms with Crippen molar-refractivity contribution >= 4 is 34.2 Å². The number of carbonyl (C=O) groups is 3. The Balaban J connectivity index is 1.97. The number of hydrogen-bond acceptors (Lipinski definition) is 6. The SMILES string of the molecule is CCOC(=O)c1cc(CC)sc1NC(=O)COC(=O)C1CC1. The topological polar surface area (TPSA) is 81.7 Å². The molecule has 1 N–H and O–H groups in total. The van der Waals surface area contributed by atoms with Crippen LogP contribution in [0, 0.1) is 5.92 Å². The van der Waals surface area contributed by atoms with Gasteiger partial charge in [-0.15, -0.1) is 11.3 Å². The maximum Gasteiger partial charge on any atom is 0.341 e. The third-order valence-corrected chi connectivity index (χ3v) is 4.33. The summed E-state index contributed by atoms with van der Waals surface area (Å²) in [6.45, 7) is 3.61. The van der Waals surface area contributed by atoms with Crippen LogP contribution in [-0.4, -0.2) is 31.1 Å². The molecule has 22 heavy (non-hydrogen) atoms. The lowest BCUT2D eigenvalue weighted by Crippen LogP contribution is -2.22. The Morgan fingerprint density at radius 2 is 2.00 bits per heavy atom. The van der Waals surface area contributed by atoms with Gasteiger partial charge in [0.2, 0.25) is 0 Å². The average molecular weight is 325 g/mol. The second-order valence-corrected chi connectivity index (χ2v) is 6.10. The molecule has 0 spiro atoms. The minimum absolute atomic E-state index is 0.0451. The van der Waals surface area contributed by atoms with Crippen LogP contribution in [0.3, 0.4) is 0 Å². The minimum atomic E-state index is -0.469. The normalized spacial score (nSPS) is 13.5. The molecule has 1 aromatic heterocycles. The van der Waals surface area contributed by atoms with Gasteiger partial charge in [-0.25, -0.2) is 4.79 Å². The first-order valence-corrected chi connectivity index (χ1v) is 8.13. The van der Waals surface area contributed by atoms with Gasteiger partial charge in [-0.05, 0) is 32.3 Å². The van der Waals surface area contributed by atoms with Gasteiger partial charge in [-0.2, -0.15) is 0 Å². The fourth-order valence-corrected chi connectivity index (χ4v) is 2.81. The predicted molar refractivity (Wildman–Crippen MR) is 82.0 cm³/mol. The molecule has 1 heterocycles. The molecule has 1 aliphatic rings. The van der Waals surface area contributed by atoms with Crippen LogP contribution in [0.5, 0.6) is 0 Å². The van der Waals surface area contributed by atoms with Crippen LogP contribution in [0.4, 0.5) is 5.00 Å². The molecule has 1 aliphatic carbocycles. The van der Waals surface area contributed by atoms with E-state index in [4.69, 9.17) is 9.47 Å². The molecule has 2 rings (SSSR count). The summed E-state index contributed by atoms with van der Waals surface area (Å²) < 4.78 is 9.90. The second kappa shape index (κ2) is 7.40. The maximum absolute atomic E-state index is 11.9. The number of aryl methyl sites for hydroxylation is 1. The lowest BCUT2D eigenvalue weighted by molar-refractivity contribution is -0.148. The van der Waals surface area contributed by atoms with Gasteiger partial charge in [0.1, 0.15) is 5.00 Å². The first-order chi connectivity index (χ1) is 10.5. The molecule has 0 aromatic carbocycles. The molecule has 1 saturated carbocycles. The number of anilines is 1. The summed E-state index contributed by atoms with van der Waals surface area (Å²) in [6, 6.07) is 1.72. The summed E-state index contributed by atoms with van der Waals surface area (Å²) in [7, 11) is 0. The highest BCUT2D eigenvalue weighted by atomic mass is 32.1. The zero-order valence-corrected chi connectivity index (χ0v) is 13.5. The van der Waals surface area contributed by atoms with E-state index in [0.717, 1.165) is 24.1 Å². The molecule has 0 radical (unpaired) electrons. The summed E-state index contributed by atoms with van der Waals surface area (Å²) in [5.41, 5.74) is 0.338. The Kier molecular flexibility index (Phi) is 5.54. The van der Waals surface area contributed by atoms with E-state index in [1.165, 1.54) is 11.3 Å². The highest BCUT2D eigenvalue weighted by Gasteiger charge is 2.31. The summed E-state index contributed by atoms with van der Waals surface area (Å²) in [5, 5.41) is 3.05. The molecule has 120 valence electrons. The van der Waals surface area contributed by atoms with Gasteiger partial charge < -0.3 is 14.8 Å². The molecule has 7 heteroatoms. The standard InChI is InChI=1S/C15H19NO5S/c1-3-10-7-11(15(19)20-4-2)13(22-10)16-12(17)8-21-14(18)9-5-6-9/h7,9H,3-6,8H2,1-2H3,(H,16,17). The van der Waals surface area contributed by atoms with Gasteiger partial charge in [0.05, 0.1) is 18.1 Å². The van der Waals surface area contributed by atoms with Crippen molar-refractivity contribution in [3.63, 3.8) is 0 Å². The van der Waals surface area contributed by atoms with E-state index in [-0.39, 0.29) is 25.1 Å². The van der Waals surface area contributed by atoms with Crippen LogP contribution in [0.1, 0.15) is 41.9 Å². The van der Waals surface area contributed by atoms with Gasteiger partial charge >= 0.3 is 11.9 Å². The zero-order chi connectivity index (χ0) is 16.1. The van der Waals surface area contributed by atoms with Crippen molar-refractivity contribution in [1.29, 1.82) is 0 Å². The quantitative estimate of drug-likeness (QED) is 0.778. The highest BCUT2D eigenvalue weighted by Crippen LogP contribution is 2.31. The number of carbonyl (C=O) groups excluding carboxylic acids is 3. The summed E-state index contributed by atoms with van der Waals surface area (Å²) >= 11 is 1.32. The smallest absolute Gasteiger partial charge is 0.341 e. The number of rotatable bonds is 7. The Morgan fingerprint density at radius 1 is 1.27 bits per heavy atom. The van der Waals surface area contributed by atoms with Crippen LogP contribution in [0.15, 0.2) is 6.07 Å². The number of ether oxygens (including phenoxy) is 2. The molecule has 1 amide bonds. The number of amides is 1. The van der Waals surface area contributed by atoms with Gasteiger partial charge in [-0.1, -0.05) is 6.92 Å². The largest absolute Gasteiger partial charge is 0.462 e. The molecule has 1 fully saturated rings. The van der Waals surface area contributed by atoms with Crippen LogP contribution in [0.2, 0.25) is 0 Å². The van der Waals surface area contributed by atoms with Gasteiger partial charge in [0, 0.05) is 4.88 Å². The molecule has 0 saturated heterocycles. The zero-order valence-electron chi connectivity index (χ0n) is 12.6. The van der Waals surface area contributed by atoms with E-state index in [0.29, 0.717) is 10.6 Å². The average Bonchev–Trinajstić information content (AvgIpc) is 3.26. The number of thiophene rings is 1. The van der Waals surface area contributed by atoms with Gasteiger partial charge in [0.15, 0.2) is 6.61 Å². The summed E-state index contributed by atoms with van der Waals surface area (Å²) in [6.07, 6.45) is 2.42. The first-order valence-electron chi connectivity index (χ1n) is 7.31. The molecule has 0 unspecified atom stereocenters. The van der Waals surface area contributed by atoms with Crippen LogP contribution < -0.4 is 5.32 Å². The van der Waals surface area contributed by atoms with Crippen LogP contribution >= 0.6 is 11.3 Å². The second-order valence-electron chi connectivity index (χ2n) is 4.96. The number of esters is 2. The number of nitrogens with one attached hydrogen (secondary N) is 1. The molecular formula is C15H19NO5S. The van der Waals surface area contributed by atoms with Crippen molar-refractivity contribution < 1.29 is 23.9 Å². The van der Waals surface area contributed by atoms with Gasteiger partial charge in [0.25, 0.3) is 5.91 Å². The third-order valence-electron chi connectivity index (χ3n) is 3.14. The van der Waals surface area contributed by atoms with E-state index in [9.17, 15) is 14.4 Å². The molecular weight excluding hydrogens is 306 g/mol. The molecule has 0 aliphatic heterocycles. The monoisotopic (exact) mass is 325 g/mol. The lowest BCUT2D eigenvalue weighted by Gasteiger charge is -2.06. The van der Waals surface area contributed by atoms with E-state index in [1.807, 2.05) is 6.92 Å².